The number of nitro benzene ring substituents is 1. The largest absolute Gasteiger partial charge is 0.336 e. The maximum absolute atomic E-state index is 12.3. The molecule has 0 aliphatic carbocycles. The van der Waals surface area contributed by atoms with Crippen molar-refractivity contribution in [2.75, 3.05) is 7.05 Å². The molecule has 0 aliphatic heterocycles. The fourth-order valence-corrected chi connectivity index (χ4v) is 2.07. The van der Waals surface area contributed by atoms with E-state index in [0.29, 0.717) is 12.1 Å². The van der Waals surface area contributed by atoms with Gasteiger partial charge in [-0.25, -0.2) is 0 Å². The fraction of sp³-hybridized carbons (Fsp3) is 0.286. The Hall–Kier alpha value is -2.70. The number of hydrogen-bond donors (Lipinski definition) is 0. The lowest BCUT2D eigenvalue weighted by Gasteiger charge is -2.17. The van der Waals surface area contributed by atoms with Gasteiger partial charge < -0.3 is 4.90 Å². The zero-order valence-corrected chi connectivity index (χ0v) is 11.9. The number of nitro groups is 1. The quantitative estimate of drug-likeness (QED) is 0.623. The van der Waals surface area contributed by atoms with Gasteiger partial charge in [0.2, 0.25) is 0 Å². The van der Waals surface area contributed by atoms with E-state index in [1.165, 1.54) is 23.1 Å². The van der Waals surface area contributed by atoms with Crippen molar-refractivity contribution in [2.45, 2.75) is 20.0 Å². The number of nitrogens with zero attached hydrogens (tertiary/aromatic N) is 4. The third-order valence-electron chi connectivity index (χ3n) is 3.15. The van der Waals surface area contributed by atoms with Crippen molar-refractivity contribution >= 4 is 11.6 Å². The highest BCUT2D eigenvalue weighted by Gasteiger charge is 2.16. The number of rotatable bonds is 5. The minimum Gasteiger partial charge on any atom is -0.336 e. The predicted octanol–water partition coefficient (Wildman–Crippen LogP) is 2.08. The van der Waals surface area contributed by atoms with Crippen LogP contribution in [0.1, 0.15) is 23.0 Å². The zero-order chi connectivity index (χ0) is 15.4. The van der Waals surface area contributed by atoms with Crippen molar-refractivity contribution in [1.29, 1.82) is 0 Å². The molecule has 21 heavy (non-hydrogen) atoms. The SMILES string of the molecule is CCn1nccc1CN(C)C(=O)c1cccc([N+](=O)[O-])c1. The second-order valence-corrected chi connectivity index (χ2v) is 4.61. The van der Waals surface area contributed by atoms with E-state index in [1.54, 1.807) is 24.0 Å². The first-order valence-corrected chi connectivity index (χ1v) is 6.53. The van der Waals surface area contributed by atoms with Gasteiger partial charge in [0.05, 0.1) is 17.2 Å². The van der Waals surface area contributed by atoms with Crippen LogP contribution in [0.25, 0.3) is 0 Å². The average Bonchev–Trinajstić information content (AvgIpc) is 2.93. The Morgan fingerprint density at radius 2 is 2.19 bits per heavy atom. The summed E-state index contributed by atoms with van der Waals surface area (Å²) in [7, 11) is 1.66. The van der Waals surface area contributed by atoms with Crippen LogP contribution in [-0.4, -0.2) is 32.6 Å². The van der Waals surface area contributed by atoms with Gasteiger partial charge in [-0.2, -0.15) is 5.10 Å². The molecule has 0 N–H and O–H groups in total. The number of non-ortho nitro benzene ring substituents is 1. The van der Waals surface area contributed by atoms with E-state index in [0.717, 1.165) is 12.2 Å². The number of benzene rings is 1. The van der Waals surface area contributed by atoms with Crippen molar-refractivity contribution in [3.63, 3.8) is 0 Å². The highest BCUT2D eigenvalue weighted by molar-refractivity contribution is 5.94. The van der Waals surface area contributed by atoms with E-state index < -0.39 is 4.92 Å². The lowest BCUT2D eigenvalue weighted by molar-refractivity contribution is -0.384. The van der Waals surface area contributed by atoms with Crippen LogP contribution in [0.2, 0.25) is 0 Å². The molecular weight excluding hydrogens is 272 g/mol. The lowest BCUT2D eigenvalue weighted by Crippen LogP contribution is -2.27. The van der Waals surface area contributed by atoms with Crippen LogP contribution in [-0.2, 0) is 13.1 Å². The number of carbonyl (C=O) groups is 1. The first kappa shape index (κ1) is 14.7. The van der Waals surface area contributed by atoms with Crippen LogP contribution in [0.4, 0.5) is 5.69 Å². The summed E-state index contributed by atoms with van der Waals surface area (Å²) in [5.41, 5.74) is 1.13. The van der Waals surface area contributed by atoms with Gasteiger partial charge in [-0.05, 0) is 19.1 Å². The van der Waals surface area contributed by atoms with Crippen molar-refractivity contribution < 1.29 is 9.72 Å². The van der Waals surface area contributed by atoms with E-state index in [1.807, 2.05) is 13.0 Å². The topological polar surface area (TPSA) is 81.3 Å². The molecule has 2 rings (SSSR count). The number of carbonyl (C=O) groups excluding carboxylic acids is 1. The van der Waals surface area contributed by atoms with E-state index in [-0.39, 0.29) is 11.6 Å². The third kappa shape index (κ3) is 3.25. The summed E-state index contributed by atoms with van der Waals surface area (Å²) in [6.45, 7) is 3.09. The molecule has 2 aromatic rings. The van der Waals surface area contributed by atoms with Crippen molar-refractivity contribution in [2.24, 2.45) is 0 Å². The fourth-order valence-electron chi connectivity index (χ4n) is 2.07. The molecule has 1 aromatic carbocycles. The second-order valence-electron chi connectivity index (χ2n) is 4.61. The first-order chi connectivity index (χ1) is 10.0. The number of aromatic nitrogens is 2. The molecule has 0 radical (unpaired) electrons. The molecule has 0 atom stereocenters. The molecule has 0 saturated heterocycles. The Labute approximate surface area is 121 Å². The van der Waals surface area contributed by atoms with Gasteiger partial charge in [-0.3, -0.25) is 19.6 Å². The molecular formula is C14H16N4O3. The Balaban J connectivity index is 2.16. The summed E-state index contributed by atoms with van der Waals surface area (Å²) in [5.74, 6) is -0.262. The van der Waals surface area contributed by atoms with Gasteiger partial charge >= 0.3 is 0 Å². The predicted molar refractivity (Wildman–Crippen MR) is 76.8 cm³/mol. The van der Waals surface area contributed by atoms with E-state index >= 15 is 0 Å². The highest BCUT2D eigenvalue weighted by Crippen LogP contribution is 2.15. The Morgan fingerprint density at radius 1 is 1.43 bits per heavy atom. The highest BCUT2D eigenvalue weighted by atomic mass is 16.6. The molecule has 1 heterocycles. The Morgan fingerprint density at radius 3 is 2.86 bits per heavy atom. The zero-order valence-electron chi connectivity index (χ0n) is 11.9. The van der Waals surface area contributed by atoms with Gasteiger partial charge in [0.25, 0.3) is 11.6 Å². The normalized spacial score (nSPS) is 10.4. The summed E-state index contributed by atoms with van der Waals surface area (Å²) in [4.78, 5) is 24.1. The van der Waals surface area contributed by atoms with Gasteiger partial charge in [0.1, 0.15) is 0 Å². The summed E-state index contributed by atoms with van der Waals surface area (Å²) in [5, 5.41) is 14.9. The number of amides is 1. The number of aryl methyl sites for hydroxylation is 1. The van der Waals surface area contributed by atoms with Crippen molar-refractivity contribution in [1.82, 2.24) is 14.7 Å². The van der Waals surface area contributed by atoms with Crippen LogP contribution >= 0.6 is 0 Å². The third-order valence-corrected chi connectivity index (χ3v) is 3.15. The average molecular weight is 288 g/mol. The maximum Gasteiger partial charge on any atom is 0.270 e. The van der Waals surface area contributed by atoms with E-state index in [4.69, 9.17) is 0 Å². The molecule has 0 bridgehead atoms. The van der Waals surface area contributed by atoms with Crippen LogP contribution in [0.15, 0.2) is 36.5 Å². The maximum atomic E-state index is 12.3. The van der Waals surface area contributed by atoms with Crippen molar-refractivity contribution in [3.8, 4) is 0 Å². The monoisotopic (exact) mass is 288 g/mol. The molecule has 0 aliphatic rings. The van der Waals surface area contributed by atoms with Crippen LogP contribution in [0.3, 0.4) is 0 Å². The lowest BCUT2D eigenvalue weighted by atomic mass is 10.2. The van der Waals surface area contributed by atoms with Gasteiger partial charge in [-0.15, -0.1) is 0 Å². The molecule has 0 saturated carbocycles. The van der Waals surface area contributed by atoms with E-state index in [2.05, 4.69) is 5.10 Å². The minimum atomic E-state index is -0.511. The van der Waals surface area contributed by atoms with E-state index in [9.17, 15) is 14.9 Å². The summed E-state index contributed by atoms with van der Waals surface area (Å²) < 4.78 is 1.80. The Bertz CT molecular complexity index is 666. The minimum absolute atomic E-state index is 0.0900. The van der Waals surface area contributed by atoms with Crippen LogP contribution in [0, 0.1) is 10.1 Å². The van der Waals surface area contributed by atoms with Gasteiger partial charge in [0.15, 0.2) is 0 Å². The molecule has 0 unspecified atom stereocenters. The molecule has 0 fully saturated rings. The Kier molecular flexibility index (Phi) is 4.32. The first-order valence-electron chi connectivity index (χ1n) is 6.53. The van der Waals surface area contributed by atoms with Crippen molar-refractivity contribution in [3.05, 3.63) is 57.9 Å². The molecule has 1 aromatic heterocycles. The summed E-state index contributed by atoms with van der Waals surface area (Å²) in [6.07, 6.45) is 1.69. The second kappa shape index (κ2) is 6.17. The molecule has 7 nitrogen and oxygen atoms in total. The molecule has 0 spiro atoms. The molecule has 1 amide bonds. The van der Waals surface area contributed by atoms with Crippen LogP contribution in [0.5, 0.6) is 0 Å². The standard InChI is InChI=1S/C14H16N4O3/c1-3-17-13(7-8-15-17)10-16(2)14(19)11-5-4-6-12(9-11)18(20)21/h4-9H,3,10H2,1-2H3. The summed E-state index contributed by atoms with van der Waals surface area (Å²) in [6, 6.07) is 7.58. The smallest absolute Gasteiger partial charge is 0.270 e. The van der Waals surface area contributed by atoms with Crippen LogP contribution < -0.4 is 0 Å². The number of hydrogen-bond acceptors (Lipinski definition) is 4. The molecule has 110 valence electrons. The molecule has 7 heteroatoms. The van der Waals surface area contributed by atoms with Gasteiger partial charge in [0, 0.05) is 37.5 Å². The summed E-state index contributed by atoms with van der Waals surface area (Å²) >= 11 is 0. The van der Waals surface area contributed by atoms with Gasteiger partial charge in [-0.1, -0.05) is 6.07 Å².